The molecule has 2 aromatic heterocycles. The van der Waals surface area contributed by atoms with Crippen molar-refractivity contribution in [2.24, 2.45) is 0 Å². The number of rotatable bonds is 1. The highest BCUT2D eigenvalue weighted by Gasteiger charge is 2.05. The van der Waals surface area contributed by atoms with Gasteiger partial charge in [0, 0.05) is 8.96 Å². The van der Waals surface area contributed by atoms with E-state index in [0.717, 1.165) is 20.2 Å². The average Bonchev–Trinajstić information content (AvgIpc) is 2.73. The van der Waals surface area contributed by atoms with Crippen molar-refractivity contribution in [2.75, 3.05) is 0 Å². The smallest absolute Gasteiger partial charge is 0.212 e. The first kappa shape index (κ1) is 10.6. The third kappa shape index (κ3) is 1.90. The molecular weight excluding hydrogens is 332 g/mol. The number of hydrogen-bond acceptors (Lipinski definition) is 2. The van der Waals surface area contributed by atoms with E-state index in [4.69, 9.17) is 0 Å². The van der Waals surface area contributed by atoms with Gasteiger partial charge in [-0.05, 0) is 52.9 Å². The Morgan fingerprint density at radius 2 is 2.00 bits per heavy atom. The molecule has 0 bridgehead atoms. The van der Waals surface area contributed by atoms with Crippen LogP contribution >= 0.6 is 22.6 Å². The predicted octanol–water partition coefficient (Wildman–Crippen LogP) is 3.16. The molecular formula is C12H7FIN3. The van der Waals surface area contributed by atoms with Crippen LogP contribution in [0.3, 0.4) is 0 Å². The molecule has 1 aromatic carbocycles. The average molecular weight is 339 g/mol. The molecule has 0 N–H and O–H groups in total. The number of pyridine rings is 1. The van der Waals surface area contributed by atoms with Crippen LogP contribution in [0.5, 0.6) is 0 Å². The Balaban J connectivity index is 2.21. The molecule has 0 aliphatic heterocycles. The normalized spacial score (nSPS) is 10.9. The maximum absolute atomic E-state index is 12.8. The molecule has 0 unspecified atom stereocenters. The zero-order chi connectivity index (χ0) is 11.8. The van der Waals surface area contributed by atoms with Crippen molar-refractivity contribution in [3.8, 4) is 5.69 Å². The van der Waals surface area contributed by atoms with E-state index < -0.39 is 5.95 Å². The van der Waals surface area contributed by atoms with E-state index >= 15 is 0 Å². The van der Waals surface area contributed by atoms with Gasteiger partial charge in [-0.2, -0.15) is 9.49 Å². The Morgan fingerprint density at radius 3 is 2.76 bits per heavy atom. The Hall–Kier alpha value is -1.50. The number of fused-ring (bicyclic) bond motifs is 1. The van der Waals surface area contributed by atoms with Crippen molar-refractivity contribution < 1.29 is 4.39 Å². The number of halogens is 2. The third-order valence-electron chi connectivity index (χ3n) is 2.49. The quantitative estimate of drug-likeness (QED) is 0.504. The molecule has 3 aromatic rings. The van der Waals surface area contributed by atoms with Gasteiger partial charge in [0.05, 0.1) is 23.6 Å². The minimum atomic E-state index is -0.486. The maximum Gasteiger partial charge on any atom is 0.212 e. The molecule has 17 heavy (non-hydrogen) atoms. The van der Waals surface area contributed by atoms with Gasteiger partial charge in [0.2, 0.25) is 5.95 Å². The van der Waals surface area contributed by atoms with Crippen LogP contribution in [0.4, 0.5) is 4.39 Å². The van der Waals surface area contributed by atoms with Crippen LogP contribution < -0.4 is 0 Å². The molecule has 0 spiro atoms. The van der Waals surface area contributed by atoms with E-state index in [1.165, 1.54) is 12.3 Å². The number of nitrogens with zero attached hydrogens (tertiary/aromatic N) is 3. The molecule has 2 heterocycles. The number of aromatic nitrogens is 3. The first-order valence-electron chi connectivity index (χ1n) is 4.99. The number of hydrogen-bond donors (Lipinski definition) is 0. The highest BCUT2D eigenvalue weighted by atomic mass is 127. The molecule has 0 amide bonds. The minimum Gasteiger partial charge on any atom is -0.232 e. The summed E-state index contributed by atoms with van der Waals surface area (Å²) < 4.78 is 15.7. The molecule has 0 saturated carbocycles. The Kier molecular flexibility index (Phi) is 2.54. The zero-order valence-corrected chi connectivity index (χ0v) is 10.8. The lowest BCUT2D eigenvalue weighted by Crippen LogP contribution is -1.97. The molecule has 5 heteroatoms. The topological polar surface area (TPSA) is 30.7 Å². The van der Waals surface area contributed by atoms with Gasteiger partial charge in [0.15, 0.2) is 0 Å². The summed E-state index contributed by atoms with van der Waals surface area (Å²) in [6, 6.07) is 9.05. The molecule has 0 atom stereocenters. The van der Waals surface area contributed by atoms with Crippen molar-refractivity contribution in [3.05, 3.63) is 52.2 Å². The maximum atomic E-state index is 12.8. The van der Waals surface area contributed by atoms with Crippen LogP contribution in [0.2, 0.25) is 0 Å². The molecule has 0 aliphatic carbocycles. The second-order valence-electron chi connectivity index (χ2n) is 3.60. The molecule has 0 aliphatic rings. The van der Waals surface area contributed by atoms with E-state index in [1.807, 2.05) is 12.1 Å². The van der Waals surface area contributed by atoms with Gasteiger partial charge >= 0.3 is 0 Å². The van der Waals surface area contributed by atoms with Crippen LogP contribution in [-0.4, -0.2) is 14.8 Å². The Labute approximate surface area is 110 Å². The van der Waals surface area contributed by atoms with Crippen LogP contribution in [0, 0.1) is 9.52 Å². The molecule has 84 valence electrons. The highest BCUT2D eigenvalue weighted by Crippen LogP contribution is 2.20. The third-order valence-corrected chi connectivity index (χ3v) is 3.16. The van der Waals surface area contributed by atoms with Crippen molar-refractivity contribution in [1.82, 2.24) is 14.8 Å². The van der Waals surface area contributed by atoms with Gasteiger partial charge in [0.25, 0.3) is 0 Å². The summed E-state index contributed by atoms with van der Waals surface area (Å²) in [5.74, 6) is -0.486. The van der Waals surface area contributed by atoms with Gasteiger partial charge in [-0.25, -0.2) is 9.67 Å². The molecule has 3 nitrogen and oxygen atoms in total. The fourth-order valence-electron chi connectivity index (χ4n) is 1.70. The Morgan fingerprint density at radius 1 is 1.12 bits per heavy atom. The lowest BCUT2D eigenvalue weighted by molar-refractivity contribution is 0.582. The van der Waals surface area contributed by atoms with Crippen molar-refractivity contribution in [3.63, 3.8) is 0 Å². The summed E-state index contributed by atoms with van der Waals surface area (Å²) in [5.41, 5.74) is 1.74. The fourth-order valence-corrected chi connectivity index (χ4v) is 2.22. The van der Waals surface area contributed by atoms with E-state index in [-0.39, 0.29) is 0 Å². The monoisotopic (exact) mass is 339 g/mol. The van der Waals surface area contributed by atoms with Crippen LogP contribution in [0.25, 0.3) is 16.6 Å². The molecule has 0 fully saturated rings. The fraction of sp³-hybridized carbons (Fsp3) is 0. The van der Waals surface area contributed by atoms with Crippen LogP contribution in [-0.2, 0) is 0 Å². The van der Waals surface area contributed by atoms with Gasteiger partial charge in [-0.15, -0.1) is 0 Å². The second kappa shape index (κ2) is 4.06. The predicted molar refractivity (Wildman–Crippen MR) is 71.5 cm³/mol. The van der Waals surface area contributed by atoms with E-state index in [0.29, 0.717) is 0 Å². The zero-order valence-electron chi connectivity index (χ0n) is 8.64. The van der Waals surface area contributed by atoms with Gasteiger partial charge < -0.3 is 0 Å². The summed E-state index contributed by atoms with van der Waals surface area (Å²) in [7, 11) is 0. The van der Waals surface area contributed by atoms with Gasteiger partial charge in [-0.1, -0.05) is 0 Å². The lowest BCUT2D eigenvalue weighted by Gasteiger charge is -2.02. The second-order valence-corrected chi connectivity index (χ2v) is 4.84. The Bertz CT molecular complexity index is 676. The summed E-state index contributed by atoms with van der Waals surface area (Å²) in [6.45, 7) is 0. The van der Waals surface area contributed by atoms with Crippen molar-refractivity contribution >= 4 is 33.5 Å². The van der Waals surface area contributed by atoms with Crippen LogP contribution in [0.1, 0.15) is 0 Å². The first-order valence-corrected chi connectivity index (χ1v) is 6.07. The minimum absolute atomic E-state index is 0.486. The van der Waals surface area contributed by atoms with Gasteiger partial charge in [-0.3, -0.25) is 0 Å². The SMILES string of the molecule is Fc1ccc(-n2ncc3cc(I)ccc32)cn1. The lowest BCUT2D eigenvalue weighted by atomic mass is 10.2. The van der Waals surface area contributed by atoms with E-state index in [9.17, 15) is 4.39 Å². The summed E-state index contributed by atoms with van der Waals surface area (Å²) in [6.07, 6.45) is 3.26. The molecule has 0 saturated heterocycles. The highest BCUT2D eigenvalue weighted by molar-refractivity contribution is 14.1. The van der Waals surface area contributed by atoms with Gasteiger partial charge in [0.1, 0.15) is 0 Å². The standard InChI is InChI=1S/C12H7FIN3/c13-12-4-2-10(7-15-12)17-11-3-1-9(14)5-8(11)6-16-17/h1-7H. The molecule has 0 radical (unpaired) electrons. The van der Waals surface area contributed by atoms with Crippen molar-refractivity contribution in [2.45, 2.75) is 0 Å². The summed E-state index contributed by atoms with van der Waals surface area (Å²) >= 11 is 2.26. The van der Waals surface area contributed by atoms with E-state index in [1.54, 1.807) is 16.9 Å². The number of benzene rings is 1. The first-order chi connectivity index (χ1) is 8.24. The molecule has 3 rings (SSSR count). The van der Waals surface area contributed by atoms with E-state index in [2.05, 4.69) is 38.7 Å². The summed E-state index contributed by atoms with van der Waals surface area (Å²) in [5, 5.41) is 5.34. The summed E-state index contributed by atoms with van der Waals surface area (Å²) in [4.78, 5) is 3.63. The van der Waals surface area contributed by atoms with Crippen LogP contribution in [0.15, 0.2) is 42.7 Å². The largest absolute Gasteiger partial charge is 0.232 e. The van der Waals surface area contributed by atoms with Crippen molar-refractivity contribution in [1.29, 1.82) is 0 Å².